The van der Waals surface area contributed by atoms with E-state index in [-0.39, 0.29) is 6.61 Å². The lowest BCUT2D eigenvalue weighted by Crippen LogP contribution is -2.14. The average molecular weight is 353 g/mol. The number of oxime groups is 1. The van der Waals surface area contributed by atoms with Gasteiger partial charge in [-0.15, -0.1) is 0 Å². The molecule has 0 saturated heterocycles. The van der Waals surface area contributed by atoms with E-state index in [0.717, 1.165) is 11.1 Å². The van der Waals surface area contributed by atoms with Gasteiger partial charge in [0.1, 0.15) is 24.1 Å². The van der Waals surface area contributed by atoms with Crippen molar-refractivity contribution in [1.29, 1.82) is 0 Å². The molecule has 5 heteroatoms. The van der Waals surface area contributed by atoms with E-state index < -0.39 is 0 Å². The van der Waals surface area contributed by atoms with Crippen LogP contribution in [0.2, 0.25) is 5.15 Å². The predicted octanol–water partition coefficient (Wildman–Crippen LogP) is 4.73. The first-order valence-corrected chi connectivity index (χ1v) is 8.22. The number of ether oxygens (including phenoxy) is 1. The Kier molecular flexibility index (Phi) is 6.01. The summed E-state index contributed by atoms with van der Waals surface area (Å²) in [6.45, 7) is 0.624. The highest BCUT2D eigenvalue weighted by Gasteiger charge is 2.07. The number of hydrogen-bond donors (Lipinski definition) is 0. The van der Waals surface area contributed by atoms with E-state index in [2.05, 4.69) is 10.1 Å². The molecule has 0 aliphatic carbocycles. The van der Waals surface area contributed by atoms with Crippen molar-refractivity contribution >= 4 is 17.3 Å². The van der Waals surface area contributed by atoms with E-state index in [0.29, 0.717) is 23.4 Å². The van der Waals surface area contributed by atoms with Gasteiger partial charge >= 0.3 is 0 Å². The second-order valence-corrected chi connectivity index (χ2v) is 5.64. The fourth-order valence-electron chi connectivity index (χ4n) is 2.16. The van der Waals surface area contributed by atoms with Crippen molar-refractivity contribution in [2.45, 2.75) is 6.61 Å². The van der Waals surface area contributed by atoms with E-state index in [1.165, 1.54) is 0 Å². The van der Waals surface area contributed by atoms with Crippen LogP contribution in [0.3, 0.4) is 0 Å². The quantitative estimate of drug-likeness (QED) is 0.350. The zero-order valence-electron chi connectivity index (χ0n) is 13.5. The maximum Gasteiger partial charge on any atom is 0.215 e. The van der Waals surface area contributed by atoms with E-state index in [1.54, 1.807) is 18.2 Å². The molecule has 1 aromatic heterocycles. The van der Waals surface area contributed by atoms with Gasteiger partial charge in [0.2, 0.25) is 5.88 Å². The minimum absolute atomic E-state index is 0.228. The first-order chi connectivity index (χ1) is 12.3. The number of benzene rings is 2. The maximum atomic E-state index is 5.88. The molecule has 0 aliphatic rings. The summed E-state index contributed by atoms with van der Waals surface area (Å²) >= 11 is 5.88. The Morgan fingerprint density at radius 1 is 0.880 bits per heavy atom. The van der Waals surface area contributed by atoms with Crippen molar-refractivity contribution in [3.8, 4) is 5.88 Å². The van der Waals surface area contributed by atoms with E-state index in [4.69, 9.17) is 21.2 Å². The standard InChI is InChI=1S/C20H17ClN2O2/c21-19-12-7-13-20(22-19)24-15-18(17-10-5-2-6-11-17)23-25-14-16-8-3-1-4-9-16/h1-13H,14-15H2/b23-18+. The normalized spacial score (nSPS) is 11.2. The molecule has 3 rings (SSSR count). The molecule has 0 atom stereocenters. The zero-order chi connectivity index (χ0) is 17.3. The molecule has 4 nitrogen and oxygen atoms in total. The Bertz CT molecular complexity index is 823. The molecular weight excluding hydrogens is 336 g/mol. The third-order valence-electron chi connectivity index (χ3n) is 3.40. The number of nitrogens with zero attached hydrogens (tertiary/aromatic N) is 2. The Hall–Kier alpha value is -2.85. The highest BCUT2D eigenvalue weighted by Crippen LogP contribution is 2.12. The molecule has 0 bridgehead atoms. The van der Waals surface area contributed by atoms with Crippen LogP contribution >= 0.6 is 11.6 Å². The van der Waals surface area contributed by atoms with Crippen LogP contribution in [0, 0.1) is 0 Å². The lowest BCUT2D eigenvalue weighted by molar-refractivity contribution is 0.129. The van der Waals surface area contributed by atoms with Crippen LogP contribution in [0.25, 0.3) is 0 Å². The molecule has 0 spiro atoms. The Morgan fingerprint density at radius 3 is 2.32 bits per heavy atom. The second-order valence-electron chi connectivity index (χ2n) is 5.25. The monoisotopic (exact) mass is 352 g/mol. The molecule has 0 unspecified atom stereocenters. The summed E-state index contributed by atoms with van der Waals surface area (Å²) in [5.41, 5.74) is 2.66. The van der Waals surface area contributed by atoms with Crippen molar-refractivity contribution in [2.24, 2.45) is 5.16 Å². The molecule has 0 amide bonds. The van der Waals surface area contributed by atoms with Gasteiger partial charge in [-0.05, 0) is 11.6 Å². The molecule has 0 saturated carbocycles. The van der Waals surface area contributed by atoms with Gasteiger partial charge in [0.05, 0.1) is 0 Å². The molecule has 0 aliphatic heterocycles. The molecular formula is C20H17ClN2O2. The van der Waals surface area contributed by atoms with Gasteiger partial charge in [-0.3, -0.25) is 0 Å². The third kappa shape index (κ3) is 5.33. The van der Waals surface area contributed by atoms with Crippen LogP contribution in [-0.4, -0.2) is 17.3 Å². The second kappa shape index (κ2) is 8.85. The van der Waals surface area contributed by atoms with Crippen molar-refractivity contribution < 1.29 is 9.57 Å². The van der Waals surface area contributed by atoms with Crippen LogP contribution in [0.5, 0.6) is 5.88 Å². The summed E-state index contributed by atoms with van der Waals surface area (Å²) in [5.74, 6) is 0.444. The molecule has 0 N–H and O–H groups in total. The third-order valence-corrected chi connectivity index (χ3v) is 3.61. The molecule has 3 aromatic rings. The number of halogens is 1. The van der Waals surface area contributed by atoms with Crippen molar-refractivity contribution in [2.75, 3.05) is 6.61 Å². The molecule has 0 radical (unpaired) electrons. The van der Waals surface area contributed by atoms with E-state index in [1.807, 2.05) is 60.7 Å². The number of aromatic nitrogens is 1. The summed E-state index contributed by atoms with van der Waals surface area (Å²) in [4.78, 5) is 9.62. The summed E-state index contributed by atoms with van der Waals surface area (Å²) in [6.07, 6.45) is 0. The maximum absolute atomic E-state index is 5.88. The molecule has 2 aromatic carbocycles. The minimum Gasteiger partial charge on any atom is -0.471 e. The predicted molar refractivity (Wildman–Crippen MR) is 99.0 cm³/mol. The van der Waals surface area contributed by atoms with Gasteiger partial charge in [-0.25, -0.2) is 4.98 Å². The van der Waals surface area contributed by atoms with Gasteiger partial charge in [0.25, 0.3) is 0 Å². The van der Waals surface area contributed by atoms with Gasteiger partial charge in [-0.1, -0.05) is 83.5 Å². The Morgan fingerprint density at radius 2 is 1.60 bits per heavy atom. The van der Waals surface area contributed by atoms with E-state index >= 15 is 0 Å². The van der Waals surface area contributed by atoms with Crippen molar-refractivity contribution in [3.63, 3.8) is 0 Å². The summed E-state index contributed by atoms with van der Waals surface area (Å²) in [5, 5.41) is 4.64. The van der Waals surface area contributed by atoms with Crippen LogP contribution in [-0.2, 0) is 11.4 Å². The molecule has 126 valence electrons. The topological polar surface area (TPSA) is 43.7 Å². The fraction of sp³-hybridized carbons (Fsp3) is 0.100. The number of pyridine rings is 1. The zero-order valence-corrected chi connectivity index (χ0v) is 14.3. The van der Waals surface area contributed by atoms with Crippen LogP contribution in [0.4, 0.5) is 0 Å². The van der Waals surface area contributed by atoms with Crippen LogP contribution in [0.15, 0.2) is 84.0 Å². The first-order valence-electron chi connectivity index (χ1n) is 7.85. The van der Waals surface area contributed by atoms with Crippen LogP contribution in [0.1, 0.15) is 11.1 Å². The average Bonchev–Trinajstić information content (AvgIpc) is 2.66. The summed E-state index contributed by atoms with van der Waals surface area (Å²) in [7, 11) is 0. The number of hydrogen-bond acceptors (Lipinski definition) is 4. The highest BCUT2D eigenvalue weighted by molar-refractivity contribution is 6.29. The van der Waals surface area contributed by atoms with Gasteiger partial charge in [-0.2, -0.15) is 0 Å². The Balaban J connectivity index is 1.70. The summed E-state index contributed by atoms with van der Waals surface area (Å²) < 4.78 is 5.70. The highest BCUT2D eigenvalue weighted by atomic mass is 35.5. The lowest BCUT2D eigenvalue weighted by atomic mass is 10.1. The molecule has 1 heterocycles. The minimum atomic E-state index is 0.228. The summed E-state index contributed by atoms with van der Waals surface area (Å²) in [6, 6.07) is 24.9. The van der Waals surface area contributed by atoms with E-state index in [9.17, 15) is 0 Å². The molecule has 25 heavy (non-hydrogen) atoms. The van der Waals surface area contributed by atoms with Crippen molar-refractivity contribution in [1.82, 2.24) is 4.98 Å². The van der Waals surface area contributed by atoms with Gasteiger partial charge in [0, 0.05) is 11.6 Å². The number of rotatable bonds is 7. The Labute approximate surface area is 151 Å². The van der Waals surface area contributed by atoms with Crippen molar-refractivity contribution in [3.05, 3.63) is 95.1 Å². The van der Waals surface area contributed by atoms with Gasteiger partial charge in [0.15, 0.2) is 0 Å². The van der Waals surface area contributed by atoms with Crippen LogP contribution < -0.4 is 4.74 Å². The smallest absolute Gasteiger partial charge is 0.215 e. The largest absolute Gasteiger partial charge is 0.471 e. The lowest BCUT2D eigenvalue weighted by Gasteiger charge is -2.09. The molecule has 0 fully saturated rings. The first kappa shape index (κ1) is 17.0. The van der Waals surface area contributed by atoms with Gasteiger partial charge < -0.3 is 9.57 Å². The SMILES string of the molecule is Clc1cccc(OC/C(=N\OCc2ccccc2)c2ccccc2)n1. The fourth-order valence-corrected chi connectivity index (χ4v) is 2.32.